The van der Waals surface area contributed by atoms with Gasteiger partial charge >= 0.3 is 11.9 Å². The molecule has 1 saturated heterocycles. The zero-order valence-electron chi connectivity index (χ0n) is 12.8. The first-order valence-electron chi connectivity index (χ1n) is 7.56. The van der Waals surface area contributed by atoms with E-state index in [0.29, 0.717) is 24.2 Å². The fourth-order valence-corrected chi connectivity index (χ4v) is 2.76. The van der Waals surface area contributed by atoms with Crippen molar-refractivity contribution >= 4 is 23.7 Å². The van der Waals surface area contributed by atoms with E-state index in [-0.39, 0.29) is 0 Å². The van der Waals surface area contributed by atoms with Crippen molar-refractivity contribution in [2.45, 2.75) is 12.2 Å². The highest BCUT2D eigenvalue weighted by Crippen LogP contribution is 2.21. The monoisotopic (exact) mass is 345 g/mol. The molecular weight excluding hydrogens is 330 g/mol. The van der Waals surface area contributed by atoms with Crippen LogP contribution < -0.4 is 0 Å². The Hall–Kier alpha value is -2.37. The molecule has 0 amide bonds. The van der Waals surface area contributed by atoms with Crippen LogP contribution in [-0.2, 0) is 9.47 Å². The topological polar surface area (TPSA) is 55.8 Å². The maximum atomic E-state index is 12.2. The standard InChI is InChI=1S/C18H16ClNO4/c19-20-11-15(23-17(21)13-7-3-1-4-8-13)16(12-20)24-18(22)14-9-5-2-6-10-14/h1-10,15-16H,11-12H2/t15-,16-/m1/s1. The molecule has 6 heteroatoms. The lowest BCUT2D eigenvalue weighted by molar-refractivity contribution is -0.0176. The number of esters is 2. The van der Waals surface area contributed by atoms with E-state index in [4.69, 9.17) is 21.3 Å². The van der Waals surface area contributed by atoms with Crippen LogP contribution >= 0.6 is 11.8 Å². The summed E-state index contributed by atoms with van der Waals surface area (Å²) in [4.78, 5) is 24.4. The molecule has 0 saturated carbocycles. The number of hydrogen-bond donors (Lipinski definition) is 0. The first kappa shape index (κ1) is 16.5. The SMILES string of the molecule is O=C(O[C@@H]1CN(Cl)C[C@H]1OC(=O)c1ccccc1)c1ccccc1. The highest BCUT2D eigenvalue weighted by molar-refractivity contribution is 6.13. The lowest BCUT2D eigenvalue weighted by Gasteiger charge is -2.19. The van der Waals surface area contributed by atoms with Gasteiger partial charge in [0.25, 0.3) is 0 Å². The van der Waals surface area contributed by atoms with Crippen molar-refractivity contribution in [2.24, 2.45) is 0 Å². The summed E-state index contributed by atoms with van der Waals surface area (Å²) in [6, 6.07) is 17.3. The van der Waals surface area contributed by atoms with E-state index in [1.54, 1.807) is 48.5 Å². The van der Waals surface area contributed by atoms with E-state index in [1.165, 1.54) is 4.42 Å². The minimum absolute atomic E-state index is 0.298. The summed E-state index contributed by atoms with van der Waals surface area (Å²) in [5.41, 5.74) is 0.886. The number of rotatable bonds is 4. The van der Waals surface area contributed by atoms with Crippen molar-refractivity contribution in [1.82, 2.24) is 4.42 Å². The molecule has 2 aromatic rings. The number of hydrogen-bond acceptors (Lipinski definition) is 5. The van der Waals surface area contributed by atoms with E-state index in [2.05, 4.69) is 0 Å². The van der Waals surface area contributed by atoms with Crippen molar-refractivity contribution in [2.75, 3.05) is 13.1 Å². The molecule has 0 spiro atoms. The van der Waals surface area contributed by atoms with Gasteiger partial charge in [-0.1, -0.05) is 36.4 Å². The molecule has 2 atom stereocenters. The maximum Gasteiger partial charge on any atom is 0.338 e. The molecule has 3 rings (SSSR count). The number of carbonyl (C=O) groups excluding carboxylic acids is 2. The van der Waals surface area contributed by atoms with E-state index < -0.39 is 24.1 Å². The Morgan fingerprint density at radius 1 is 0.792 bits per heavy atom. The third kappa shape index (κ3) is 3.93. The molecule has 1 aliphatic heterocycles. The van der Waals surface area contributed by atoms with Gasteiger partial charge in [-0.05, 0) is 36.0 Å². The smallest absolute Gasteiger partial charge is 0.338 e. The summed E-state index contributed by atoms with van der Waals surface area (Å²) >= 11 is 6.01. The first-order chi connectivity index (χ1) is 11.6. The molecule has 0 unspecified atom stereocenters. The highest BCUT2D eigenvalue weighted by Gasteiger charge is 2.38. The van der Waals surface area contributed by atoms with Crippen molar-refractivity contribution in [3.8, 4) is 0 Å². The molecule has 0 aliphatic carbocycles. The number of halogens is 1. The van der Waals surface area contributed by atoms with Gasteiger partial charge in [-0.15, -0.1) is 0 Å². The number of benzene rings is 2. The summed E-state index contributed by atoms with van der Waals surface area (Å²) in [7, 11) is 0. The molecule has 0 bridgehead atoms. The molecule has 2 aromatic carbocycles. The zero-order valence-corrected chi connectivity index (χ0v) is 13.6. The second-order valence-electron chi connectivity index (χ2n) is 5.45. The van der Waals surface area contributed by atoms with E-state index in [9.17, 15) is 9.59 Å². The second-order valence-corrected chi connectivity index (χ2v) is 5.93. The molecule has 5 nitrogen and oxygen atoms in total. The van der Waals surface area contributed by atoms with Crippen molar-refractivity contribution < 1.29 is 19.1 Å². The van der Waals surface area contributed by atoms with Crippen molar-refractivity contribution in [1.29, 1.82) is 0 Å². The average Bonchev–Trinajstić information content (AvgIpc) is 2.95. The van der Waals surface area contributed by atoms with E-state index in [1.807, 2.05) is 12.1 Å². The predicted molar refractivity (Wildman–Crippen MR) is 88.7 cm³/mol. The van der Waals surface area contributed by atoms with Crippen LogP contribution in [-0.4, -0.2) is 41.7 Å². The molecule has 0 N–H and O–H groups in total. The van der Waals surface area contributed by atoms with Gasteiger partial charge in [-0.2, -0.15) is 0 Å². The van der Waals surface area contributed by atoms with E-state index >= 15 is 0 Å². The summed E-state index contributed by atoms with van der Waals surface area (Å²) in [5.74, 6) is -0.929. The largest absolute Gasteiger partial charge is 0.453 e. The van der Waals surface area contributed by atoms with Gasteiger partial charge in [-0.3, -0.25) is 0 Å². The van der Waals surface area contributed by atoms with Crippen LogP contribution in [0.25, 0.3) is 0 Å². The van der Waals surface area contributed by atoms with Gasteiger partial charge in [-0.25, -0.2) is 14.0 Å². The van der Waals surface area contributed by atoms with Crippen LogP contribution in [0.5, 0.6) is 0 Å². The number of carbonyl (C=O) groups is 2. The van der Waals surface area contributed by atoms with Gasteiger partial charge in [0.05, 0.1) is 24.2 Å². The van der Waals surface area contributed by atoms with E-state index in [0.717, 1.165) is 0 Å². The third-order valence-corrected chi connectivity index (χ3v) is 3.98. The molecular formula is C18H16ClNO4. The van der Waals surface area contributed by atoms with Crippen LogP contribution in [0.4, 0.5) is 0 Å². The van der Waals surface area contributed by atoms with Crippen LogP contribution in [0, 0.1) is 0 Å². The first-order valence-corrected chi connectivity index (χ1v) is 7.90. The predicted octanol–water partition coefficient (Wildman–Crippen LogP) is 2.91. The second kappa shape index (κ2) is 7.47. The Morgan fingerprint density at radius 2 is 1.17 bits per heavy atom. The minimum Gasteiger partial charge on any atom is -0.453 e. The van der Waals surface area contributed by atoms with Gasteiger partial charge in [0.2, 0.25) is 0 Å². The quantitative estimate of drug-likeness (QED) is 0.630. The Kier molecular flexibility index (Phi) is 5.13. The van der Waals surface area contributed by atoms with Crippen LogP contribution in [0.2, 0.25) is 0 Å². The summed E-state index contributed by atoms with van der Waals surface area (Å²) in [5, 5.41) is 0. The molecule has 0 radical (unpaired) electrons. The number of nitrogens with zero attached hydrogens (tertiary/aromatic N) is 1. The highest BCUT2D eigenvalue weighted by atomic mass is 35.5. The summed E-state index contributed by atoms with van der Waals surface area (Å²) in [6.45, 7) is 0.597. The molecule has 1 aliphatic rings. The van der Waals surface area contributed by atoms with Gasteiger partial charge in [0, 0.05) is 0 Å². The molecule has 124 valence electrons. The minimum atomic E-state index is -0.608. The normalized spacial score (nSPS) is 20.5. The summed E-state index contributed by atoms with van der Waals surface area (Å²) in [6.07, 6.45) is -1.22. The van der Waals surface area contributed by atoms with Gasteiger partial charge in [0.1, 0.15) is 0 Å². The van der Waals surface area contributed by atoms with Crippen LogP contribution in [0.15, 0.2) is 60.7 Å². The molecule has 0 aromatic heterocycles. The lowest BCUT2D eigenvalue weighted by Crippen LogP contribution is -2.34. The Morgan fingerprint density at radius 3 is 1.54 bits per heavy atom. The van der Waals surface area contributed by atoms with Crippen molar-refractivity contribution in [3.05, 3.63) is 71.8 Å². The summed E-state index contributed by atoms with van der Waals surface area (Å²) < 4.78 is 12.4. The molecule has 24 heavy (non-hydrogen) atoms. The van der Waals surface area contributed by atoms with Crippen LogP contribution in [0.3, 0.4) is 0 Å². The fourth-order valence-electron chi connectivity index (χ4n) is 2.49. The number of ether oxygens (including phenoxy) is 2. The Bertz CT molecular complexity index is 646. The average molecular weight is 346 g/mol. The molecule has 1 heterocycles. The van der Waals surface area contributed by atoms with Crippen LogP contribution in [0.1, 0.15) is 20.7 Å². The van der Waals surface area contributed by atoms with Gasteiger partial charge in [0.15, 0.2) is 12.2 Å². The zero-order chi connectivity index (χ0) is 16.9. The van der Waals surface area contributed by atoms with Crippen molar-refractivity contribution in [3.63, 3.8) is 0 Å². The Labute approximate surface area is 144 Å². The lowest BCUT2D eigenvalue weighted by atomic mass is 10.2. The fraction of sp³-hybridized carbons (Fsp3) is 0.222. The third-order valence-electron chi connectivity index (χ3n) is 3.71. The van der Waals surface area contributed by atoms with Gasteiger partial charge < -0.3 is 9.47 Å². The molecule has 1 fully saturated rings. The maximum absolute atomic E-state index is 12.2. The Balaban J connectivity index is 1.66.